The Morgan fingerprint density at radius 3 is 2.62 bits per heavy atom. The first-order valence-corrected chi connectivity index (χ1v) is 11.5. The van der Waals surface area contributed by atoms with Gasteiger partial charge in [-0.15, -0.1) is 11.3 Å². The molecule has 0 bridgehead atoms. The highest BCUT2D eigenvalue weighted by Crippen LogP contribution is 2.33. The van der Waals surface area contributed by atoms with Crippen molar-refractivity contribution in [3.63, 3.8) is 0 Å². The van der Waals surface area contributed by atoms with Gasteiger partial charge in [-0.3, -0.25) is 4.90 Å². The summed E-state index contributed by atoms with van der Waals surface area (Å²) in [5.41, 5.74) is 0. The number of hydrogen-bond donors (Lipinski definition) is 1. The molecular formula is C19H20FN3O4S2. The van der Waals surface area contributed by atoms with Crippen LogP contribution in [0.4, 0.5) is 10.3 Å². The number of thiophene rings is 1. The molecule has 7 nitrogen and oxygen atoms in total. The van der Waals surface area contributed by atoms with Crippen LogP contribution in [0.25, 0.3) is 10.8 Å². The van der Waals surface area contributed by atoms with Gasteiger partial charge in [0.25, 0.3) is 0 Å². The summed E-state index contributed by atoms with van der Waals surface area (Å²) in [6.45, 7) is 4.25. The lowest BCUT2D eigenvalue weighted by Crippen LogP contribution is -2.39. The molecule has 1 saturated heterocycles. The van der Waals surface area contributed by atoms with E-state index in [0.717, 1.165) is 30.1 Å². The van der Waals surface area contributed by atoms with Gasteiger partial charge in [-0.25, -0.2) is 12.8 Å². The van der Waals surface area contributed by atoms with Crippen LogP contribution in [0.15, 0.2) is 56.1 Å². The Bertz CT molecular complexity index is 1040. The first-order chi connectivity index (χ1) is 14.0. The number of rotatable bonds is 7. The van der Waals surface area contributed by atoms with E-state index in [1.807, 2.05) is 17.5 Å². The van der Waals surface area contributed by atoms with Crippen molar-refractivity contribution in [3.8, 4) is 10.8 Å². The number of halogens is 1. The van der Waals surface area contributed by atoms with Crippen molar-refractivity contribution in [2.75, 3.05) is 44.7 Å². The Kier molecular flexibility index (Phi) is 5.95. The summed E-state index contributed by atoms with van der Waals surface area (Å²) in [5.74, 6) is -0.187. The maximum Gasteiger partial charge on any atom is 0.240 e. The van der Waals surface area contributed by atoms with Crippen LogP contribution in [0, 0.1) is 5.82 Å². The van der Waals surface area contributed by atoms with Crippen LogP contribution in [-0.2, 0) is 14.6 Å². The van der Waals surface area contributed by atoms with Gasteiger partial charge in [0.05, 0.1) is 23.0 Å². The maximum atomic E-state index is 13.2. The van der Waals surface area contributed by atoms with Crippen LogP contribution in [0.1, 0.15) is 0 Å². The summed E-state index contributed by atoms with van der Waals surface area (Å²) in [4.78, 5) is 7.16. The number of hydrogen-bond acceptors (Lipinski definition) is 8. The molecule has 1 aromatic carbocycles. The first kappa shape index (κ1) is 20.0. The number of nitrogens with one attached hydrogen (secondary N) is 1. The normalized spacial score (nSPS) is 15.5. The second-order valence-electron chi connectivity index (χ2n) is 6.47. The molecule has 3 heterocycles. The van der Waals surface area contributed by atoms with Crippen molar-refractivity contribution < 1.29 is 22.0 Å². The van der Waals surface area contributed by atoms with Crippen molar-refractivity contribution >= 4 is 27.1 Å². The Balaban J connectivity index is 1.61. The summed E-state index contributed by atoms with van der Waals surface area (Å²) in [6, 6.07) is 8.31. The van der Waals surface area contributed by atoms with Crippen LogP contribution in [0.2, 0.25) is 0 Å². The molecule has 0 spiro atoms. The smallest absolute Gasteiger partial charge is 0.240 e. The Hall–Kier alpha value is -2.27. The lowest BCUT2D eigenvalue weighted by Gasteiger charge is -2.26. The fraction of sp³-hybridized carbons (Fsp3) is 0.316. The van der Waals surface area contributed by atoms with Gasteiger partial charge in [0.1, 0.15) is 5.82 Å². The summed E-state index contributed by atoms with van der Waals surface area (Å²) >= 11 is 1.40. The van der Waals surface area contributed by atoms with Crippen LogP contribution >= 0.6 is 11.3 Å². The van der Waals surface area contributed by atoms with Gasteiger partial charge in [-0.2, -0.15) is 4.98 Å². The predicted molar refractivity (Wildman–Crippen MR) is 107 cm³/mol. The van der Waals surface area contributed by atoms with Crippen molar-refractivity contribution in [1.29, 1.82) is 0 Å². The van der Waals surface area contributed by atoms with E-state index in [0.29, 0.717) is 26.3 Å². The number of anilines is 1. The van der Waals surface area contributed by atoms with Crippen LogP contribution in [0.3, 0.4) is 0 Å². The van der Waals surface area contributed by atoms with E-state index in [-0.39, 0.29) is 21.7 Å². The van der Waals surface area contributed by atoms with Gasteiger partial charge in [0.2, 0.25) is 26.6 Å². The van der Waals surface area contributed by atoms with Gasteiger partial charge in [0, 0.05) is 26.2 Å². The van der Waals surface area contributed by atoms with E-state index >= 15 is 0 Å². The van der Waals surface area contributed by atoms with Gasteiger partial charge in [0.15, 0.2) is 0 Å². The summed E-state index contributed by atoms with van der Waals surface area (Å²) in [7, 11) is -3.97. The Morgan fingerprint density at radius 2 is 1.93 bits per heavy atom. The van der Waals surface area contributed by atoms with Crippen molar-refractivity contribution in [3.05, 3.63) is 47.6 Å². The summed E-state index contributed by atoms with van der Waals surface area (Å²) < 4.78 is 50.6. The largest absolute Gasteiger partial charge is 0.418 e. The molecule has 1 aliphatic rings. The number of sulfone groups is 1. The first-order valence-electron chi connectivity index (χ1n) is 9.13. The number of ether oxygens (including phenoxy) is 1. The fourth-order valence-corrected chi connectivity index (χ4v) is 4.91. The van der Waals surface area contributed by atoms with E-state index in [1.54, 1.807) is 0 Å². The lowest BCUT2D eigenvalue weighted by molar-refractivity contribution is 0.0398. The highest BCUT2D eigenvalue weighted by Gasteiger charge is 2.29. The quantitative estimate of drug-likeness (QED) is 0.569. The van der Waals surface area contributed by atoms with Crippen LogP contribution < -0.4 is 5.32 Å². The zero-order valence-corrected chi connectivity index (χ0v) is 17.1. The van der Waals surface area contributed by atoms with Crippen LogP contribution in [-0.4, -0.2) is 57.7 Å². The molecule has 2 aromatic heterocycles. The number of oxazole rings is 1. The Morgan fingerprint density at radius 1 is 1.17 bits per heavy atom. The third-order valence-electron chi connectivity index (χ3n) is 4.52. The number of morpholine rings is 1. The number of aromatic nitrogens is 1. The standard InChI is InChI=1S/C19H20FN3O4S2/c20-14-3-5-15(6-4-14)29(24,25)19-18(21-7-8-23-9-11-26-12-10-23)27-17(22-19)16-2-1-13-28-16/h1-6,13,21H,7-12H2. The molecule has 154 valence electrons. The van der Waals surface area contributed by atoms with E-state index in [2.05, 4.69) is 15.2 Å². The third kappa shape index (κ3) is 4.50. The minimum atomic E-state index is -3.97. The SMILES string of the molecule is O=S(=O)(c1ccc(F)cc1)c1nc(-c2cccs2)oc1NCCN1CCOCC1. The van der Waals surface area contributed by atoms with E-state index in [4.69, 9.17) is 9.15 Å². The fourth-order valence-electron chi connectivity index (χ4n) is 2.98. The Labute approximate surface area is 172 Å². The van der Waals surface area contributed by atoms with Crippen molar-refractivity contribution in [2.45, 2.75) is 9.92 Å². The molecule has 4 rings (SSSR count). The molecule has 0 amide bonds. The molecule has 0 radical (unpaired) electrons. The highest BCUT2D eigenvalue weighted by molar-refractivity contribution is 7.91. The minimum absolute atomic E-state index is 0.0406. The highest BCUT2D eigenvalue weighted by atomic mass is 32.2. The molecule has 1 aliphatic heterocycles. The summed E-state index contributed by atoms with van der Waals surface area (Å²) in [5, 5.41) is 4.73. The number of nitrogens with zero attached hydrogens (tertiary/aromatic N) is 2. The summed E-state index contributed by atoms with van der Waals surface area (Å²) in [6.07, 6.45) is 0. The molecule has 0 saturated carbocycles. The minimum Gasteiger partial charge on any atom is -0.418 e. The molecule has 1 N–H and O–H groups in total. The van der Waals surface area contributed by atoms with Crippen molar-refractivity contribution in [1.82, 2.24) is 9.88 Å². The molecule has 0 aliphatic carbocycles. The lowest BCUT2D eigenvalue weighted by atomic mass is 10.4. The van der Waals surface area contributed by atoms with Gasteiger partial charge < -0.3 is 14.5 Å². The van der Waals surface area contributed by atoms with Crippen molar-refractivity contribution in [2.24, 2.45) is 0 Å². The van der Waals surface area contributed by atoms with Gasteiger partial charge in [-0.1, -0.05) is 6.07 Å². The zero-order valence-electron chi connectivity index (χ0n) is 15.5. The topological polar surface area (TPSA) is 84.7 Å². The molecule has 0 unspecified atom stereocenters. The van der Waals surface area contributed by atoms with Crippen LogP contribution in [0.5, 0.6) is 0 Å². The molecule has 0 atom stereocenters. The third-order valence-corrected chi connectivity index (χ3v) is 7.06. The monoisotopic (exact) mass is 437 g/mol. The van der Waals surface area contributed by atoms with E-state index < -0.39 is 15.7 Å². The number of benzene rings is 1. The predicted octanol–water partition coefficient (Wildman–Crippen LogP) is 3.12. The van der Waals surface area contributed by atoms with E-state index in [9.17, 15) is 12.8 Å². The van der Waals surface area contributed by atoms with Gasteiger partial charge >= 0.3 is 0 Å². The molecule has 1 fully saturated rings. The molecule has 10 heteroatoms. The van der Waals surface area contributed by atoms with E-state index in [1.165, 1.54) is 23.5 Å². The average molecular weight is 438 g/mol. The molecule has 3 aromatic rings. The molecular weight excluding hydrogens is 417 g/mol. The molecule has 29 heavy (non-hydrogen) atoms. The van der Waals surface area contributed by atoms with Gasteiger partial charge in [-0.05, 0) is 35.7 Å². The second kappa shape index (κ2) is 8.62. The maximum absolute atomic E-state index is 13.2. The average Bonchev–Trinajstić information content (AvgIpc) is 3.39. The second-order valence-corrected chi connectivity index (χ2v) is 9.28. The zero-order chi connectivity index (χ0) is 20.3.